The van der Waals surface area contributed by atoms with Gasteiger partial charge in [-0.2, -0.15) is 5.01 Å². The van der Waals surface area contributed by atoms with E-state index in [4.69, 9.17) is 21.4 Å². The molecule has 35 heavy (non-hydrogen) atoms. The van der Waals surface area contributed by atoms with E-state index in [-0.39, 0.29) is 18.4 Å². The third kappa shape index (κ3) is 4.77. The second kappa shape index (κ2) is 9.73. The summed E-state index contributed by atoms with van der Waals surface area (Å²) in [5, 5.41) is 28.5. The number of fused-ring (bicyclic) bond motifs is 4. The molecule has 1 amide bonds. The Labute approximate surface area is 207 Å². The van der Waals surface area contributed by atoms with Gasteiger partial charge in [-0.1, -0.05) is 11.6 Å². The van der Waals surface area contributed by atoms with Crippen LogP contribution in [0.3, 0.4) is 0 Å². The highest BCUT2D eigenvalue weighted by atomic mass is 35.5. The van der Waals surface area contributed by atoms with Gasteiger partial charge >= 0.3 is 0 Å². The van der Waals surface area contributed by atoms with Crippen LogP contribution in [0, 0.1) is 12.8 Å². The number of ether oxygens (including phenoxy) is 1. The predicted octanol–water partition coefficient (Wildman–Crippen LogP) is 1.21. The first-order valence-electron chi connectivity index (χ1n) is 11.4. The number of amides is 1. The summed E-state index contributed by atoms with van der Waals surface area (Å²) >= 11 is 6.58. The van der Waals surface area contributed by atoms with E-state index in [2.05, 4.69) is 25.4 Å². The number of rotatable bonds is 7. The fourth-order valence-electron chi connectivity index (χ4n) is 4.64. The quantitative estimate of drug-likeness (QED) is 0.416. The number of halogens is 1. The van der Waals surface area contributed by atoms with Crippen molar-refractivity contribution in [2.75, 3.05) is 36.6 Å². The Hall–Kier alpha value is -3.34. The summed E-state index contributed by atoms with van der Waals surface area (Å²) in [5.41, 5.74) is 3.27. The minimum Gasteiger partial charge on any atom is -0.491 e. The Morgan fingerprint density at radius 2 is 2.14 bits per heavy atom. The Morgan fingerprint density at radius 1 is 1.31 bits per heavy atom. The average molecular weight is 498 g/mol. The number of aryl methyl sites for hydroxylation is 1. The van der Waals surface area contributed by atoms with Crippen LogP contribution in [0.1, 0.15) is 23.7 Å². The first kappa shape index (κ1) is 23.4. The van der Waals surface area contributed by atoms with Crippen molar-refractivity contribution in [3.63, 3.8) is 0 Å². The summed E-state index contributed by atoms with van der Waals surface area (Å²) in [5.74, 6) is 0.264. The molecule has 0 aromatic carbocycles. The van der Waals surface area contributed by atoms with Crippen LogP contribution in [0.2, 0.25) is 5.15 Å². The molecule has 10 nitrogen and oxygen atoms in total. The fraction of sp³-hybridized carbons (Fsp3) is 0.375. The van der Waals surface area contributed by atoms with Gasteiger partial charge in [-0.25, -0.2) is 4.98 Å². The smallest absolute Gasteiger partial charge is 0.256 e. The molecule has 0 spiro atoms. The lowest BCUT2D eigenvalue weighted by Gasteiger charge is -2.25. The van der Waals surface area contributed by atoms with Crippen molar-refractivity contribution >= 4 is 23.3 Å². The van der Waals surface area contributed by atoms with Crippen molar-refractivity contribution < 1.29 is 24.5 Å². The zero-order chi connectivity index (χ0) is 24.5. The predicted molar refractivity (Wildman–Crippen MR) is 128 cm³/mol. The average Bonchev–Trinajstić information content (AvgIpc) is 3.27. The molecule has 5 heterocycles. The first-order valence-corrected chi connectivity index (χ1v) is 11.8. The lowest BCUT2D eigenvalue weighted by Crippen LogP contribution is -2.65. The van der Waals surface area contributed by atoms with Gasteiger partial charge in [-0.3, -0.25) is 9.78 Å². The lowest BCUT2D eigenvalue weighted by molar-refractivity contribution is -0.758. The Kier molecular flexibility index (Phi) is 6.50. The van der Waals surface area contributed by atoms with Crippen molar-refractivity contribution in [1.29, 1.82) is 0 Å². The fourth-order valence-corrected chi connectivity index (χ4v) is 4.87. The number of nitrogens with zero attached hydrogens (tertiary/aromatic N) is 5. The number of anilines is 1. The molecule has 5 rings (SSSR count). The molecule has 2 aliphatic rings. The van der Waals surface area contributed by atoms with E-state index in [0.29, 0.717) is 23.3 Å². The number of nitrogens with one attached hydrogen (secondary N) is 1. The third-order valence-electron chi connectivity index (χ3n) is 6.32. The van der Waals surface area contributed by atoms with Crippen molar-refractivity contribution in [1.82, 2.24) is 15.1 Å². The van der Waals surface area contributed by atoms with Gasteiger partial charge in [0.1, 0.15) is 30.2 Å². The van der Waals surface area contributed by atoms with Gasteiger partial charge < -0.3 is 20.3 Å². The SMILES string of the molecule is Cc1cc(-c2cc3[n+](nc2Cl)N2CC[C@H](C2)C3C(=O)Nc2cc(OC[C@H](O)CO)ccn2)ccn1. The summed E-state index contributed by atoms with van der Waals surface area (Å²) in [6, 6.07) is 8.97. The number of carbonyl (C=O) groups excluding carboxylic acids is 1. The topological polar surface area (TPSA) is 125 Å². The van der Waals surface area contributed by atoms with Gasteiger partial charge in [0, 0.05) is 51.6 Å². The summed E-state index contributed by atoms with van der Waals surface area (Å²) in [6.07, 6.45) is 3.12. The maximum Gasteiger partial charge on any atom is 0.256 e. The highest BCUT2D eigenvalue weighted by Gasteiger charge is 2.50. The Bertz CT molecular complexity index is 1260. The number of hydrogen-bond acceptors (Lipinski definition) is 8. The zero-order valence-electron chi connectivity index (χ0n) is 19.1. The van der Waals surface area contributed by atoms with Crippen LogP contribution in [0.25, 0.3) is 11.1 Å². The third-order valence-corrected chi connectivity index (χ3v) is 6.59. The number of aliphatic hydroxyl groups excluding tert-OH is 2. The van der Waals surface area contributed by atoms with Crippen LogP contribution in [0.4, 0.5) is 5.82 Å². The van der Waals surface area contributed by atoms with Crippen molar-refractivity contribution in [2.45, 2.75) is 25.4 Å². The molecule has 182 valence electrons. The van der Waals surface area contributed by atoms with Gasteiger partial charge in [-0.05, 0) is 37.1 Å². The standard InChI is InChI=1S/C24H25ClN6O4/c1-14-8-15(2-5-26-14)19-10-20-22(16-4-7-30(11-16)31(20)29-23(19)25)24(34)28-21-9-18(3-6-27-21)35-13-17(33)12-32/h2-3,5-6,8-10,16-17,22,32-33H,4,7,11-13H2,1H3/p+1/t16-,17-,22?/m1/s1. The molecule has 1 unspecified atom stereocenters. The summed E-state index contributed by atoms with van der Waals surface area (Å²) in [6.45, 7) is 2.95. The molecule has 3 atom stereocenters. The molecule has 11 heteroatoms. The molecule has 1 fully saturated rings. The van der Waals surface area contributed by atoms with Crippen LogP contribution >= 0.6 is 11.6 Å². The monoisotopic (exact) mass is 497 g/mol. The van der Waals surface area contributed by atoms with Crippen LogP contribution in [-0.2, 0) is 4.79 Å². The van der Waals surface area contributed by atoms with Crippen LogP contribution < -0.4 is 19.9 Å². The molecule has 3 aromatic rings. The van der Waals surface area contributed by atoms with E-state index in [1.165, 1.54) is 6.20 Å². The van der Waals surface area contributed by atoms with Crippen molar-refractivity contribution in [2.24, 2.45) is 5.92 Å². The lowest BCUT2D eigenvalue weighted by atomic mass is 9.86. The molecule has 2 bridgehead atoms. The number of hydrogen-bond donors (Lipinski definition) is 3. The molecule has 0 saturated carbocycles. The molecule has 3 N–H and O–H groups in total. The second-order valence-corrected chi connectivity index (χ2v) is 9.16. The van der Waals surface area contributed by atoms with Gasteiger partial charge in [0.15, 0.2) is 0 Å². The van der Waals surface area contributed by atoms with E-state index in [9.17, 15) is 9.90 Å². The van der Waals surface area contributed by atoms with Crippen molar-refractivity contribution in [3.8, 4) is 16.9 Å². The summed E-state index contributed by atoms with van der Waals surface area (Å²) in [4.78, 5) is 23.8. The molecule has 0 radical (unpaired) electrons. The van der Waals surface area contributed by atoms with Gasteiger partial charge in [0.2, 0.25) is 11.1 Å². The summed E-state index contributed by atoms with van der Waals surface area (Å²) in [7, 11) is 0. The number of carbonyl (C=O) groups is 1. The van der Waals surface area contributed by atoms with Crippen LogP contribution in [0.15, 0.2) is 42.7 Å². The van der Waals surface area contributed by atoms with Gasteiger partial charge in [-0.15, -0.1) is 0 Å². The molecule has 1 saturated heterocycles. The largest absolute Gasteiger partial charge is 0.491 e. The highest BCUT2D eigenvalue weighted by molar-refractivity contribution is 6.32. The highest BCUT2D eigenvalue weighted by Crippen LogP contribution is 2.37. The van der Waals surface area contributed by atoms with Gasteiger partial charge in [0.25, 0.3) is 5.69 Å². The van der Waals surface area contributed by atoms with E-state index >= 15 is 0 Å². The number of aliphatic hydroxyl groups is 2. The van der Waals surface area contributed by atoms with E-state index in [1.54, 1.807) is 23.1 Å². The second-order valence-electron chi connectivity index (χ2n) is 8.80. The van der Waals surface area contributed by atoms with E-state index in [0.717, 1.165) is 35.5 Å². The maximum absolute atomic E-state index is 13.6. The molecule has 0 aliphatic carbocycles. The zero-order valence-corrected chi connectivity index (χ0v) is 19.9. The number of aromatic nitrogens is 4. The Balaban J connectivity index is 1.44. The minimum absolute atomic E-state index is 0.0673. The van der Waals surface area contributed by atoms with Crippen LogP contribution in [-0.4, -0.2) is 63.6 Å². The minimum atomic E-state index is -0.986. The van der Waals surface area contributed by atoms with Crippen LogP contribution in [0.5, 0.6) is 5.75 Å². The van der Waals surface area contributed by atoms with E-state index in [1.807, 2.05) is 25.1 Å². The first-order chi connectivity index (χ1) is 16.9. The molecule has 3 aromatic heterocycles. The van der Waals surface area contributed by atoms with Crippen molar-refractivity contribution in [3.05, 3.63) is 59.3 Å². The normalized spacial score (nSPS) is 19.3. The molecular formula is C24H26ClN6O4+. The van der Waals surface area contributed by atoms with Gasteiger partial charge in [0.05, 0.1) is 19.7 Å². The molecule has 2 aliphatic heterocycles. The Morgan fingerprint density at radius 3 is 2.94 bits per heavy atom. The molecular weight excluding hydrogens is 472 g/mol. The summed E-state index contributed by atoms with van der Waals surface area (Å²) < 4.78 is 5.48. The van der Waals surface area contributed by atoms with E-state index < -0.39 is 18.6 Å². The number of pyridine rings is 2. The maximum atomic E-state index is 13.6.